The minimum Gasteiger partial charge on any atom is -0.351 e. The van der Waals surface area contributed by atoms with Gasteiger partial charge in [0.2, 0.25) is 5.91 Å². The van der Waals surface area contributed by atoms with Crippen LogP contribution in [0.5, 0.6) is 0 Å². The lowest BCUT2D eigenvalue weighted by Crippen LogP contribution is -2.14. The van der Waals surface area contributed by atoms with Crippen LogP contribution >= 0.6 is 0 Å². The van der Waals surface area contributed by atoms with Gasteiger partial charge >= 0.3 is 0 Å². The maximum Gasteiger partial charge on any atom is 0.272 e. The summed E-state index contributed by atoms with van der Waals surface area (Å²) in [5.74, 6) is 0.0530. The standard InChI is InChI=1S/C19H17N3O2/c23-18(12-5-6-12)20-14-7-9-15(10-8-14)21-19(24)17-11-13-3-1-2-4-16(13)22-17/h1-4,7-12,22H,5-6H2,(H,20,23)(H,21,24). The summed E-state index contributed by atoms with van der Waals surface area (Å²) in [4.78, 5) is 27.2. The van der Waals surface area contributed by atoms with E-state index in [0.717, 1.165) is 29.4 Å². The van der Waals surface area contributed by atoms with Gasteiger partial charge in [-0.05, 0) is 49.2 Å². The van der Waals surface area contributed by atoms with E-state index in [1.165, 1.54) is 0 Å². The van der Waals surface area contributed by atoms with Crippen LogP contribution in [0, 0.1) is 5.92 Å². The van der Waals surface area contributed by atoms with Crippen molar-refractivity contribution in [2.24, 2.45) is 5.92 Å². The van der Waals surface area contributed by atoms with Gasteiger partial charge in [0, 0.05) is 28.2 Å². The molecule has 1 heterocycles. The summed E-state index contributed by atoms with van der Waals surface area (Å²) in [6.07, 6.45) is 1.95. The smallest absolute Gasteiger partial charge is 0.272 e. The molecule has 2 amide bonds. The Morgan fingerprint density at radius 2 is 1.58 bits per heavy atom. The monoisotopic (exact) mass is 319 g/mol. The van der Waals surface area contributed by atoms with Crippen LogP contribution in [0.1, 0.15) is 23.3 Å². The molecule has 0 aliphatic heterocycles. The molecule has 24 heavy (non-hydrogen) atoms. The number of carbonyl (C=O) groups excluding carboxylic acids is 2. The first-order valence-corrected chi connectivity index (χ1v) is 7.99. The molecule has 0 unspecified atom stereocenters. The summed E-state index contributed by atoms with van der Waals surface area (Å²) in [6, 6.07) is 16.7. The SMILES string of the molecule is O=C(Nc1ccc(NC(=O)C2CC2)cc1)c1cc2ccccc2[nH]1. The molecule has 4 rings (SSSR count). The van der Waals surface area contributed by atoms with Crippen molar-refractivity contribution in [1.29, 1.82) is 0 Å². The van der Waals surface area contributed by atoms with E-state index in [1.54, 1.807) is 24.3 Å². The number of amides is 2. The molecule has 120 valence electrons. The van der Waals surface area contributed by atoms with Crippen molar-refractivity contribution in [3.8, 4) is 0 Å². The normalized spacial score (nSPS) is 13.7. The quantitative estimate of drug-likeness (QED) is 0.685. The summed E-state index contributed by atoms with van der Waals surface area (Å²) in [5.41, 5.74) is 2.88. The van der Waals surface area contributed by atoms with E-state index < -0.39 is 0 Å². The Morgan fingerprint density at radius 3 is 2.25 bits per heavy atom. The number of rotatable bonds is 4. The highest BCUT2D eigenvalue weighted by Crippen LogP contribution is 2.30. The van der Waals surface area contributed by atoms with Crippen LogP contribution in [-0.2, 0) is 4.79 Å². The zero-order chi connectivity index (χ0) is 16.5. The first kappa shape index (κ1) is 14.5. The Kier molecular flexibility index (Phi) is 3.54. The number of carbonyl (C=O) groups is 2. The molecule has 3 N–H and O–H groups in total. The Hall–Kier alpha value is -3.08. The van der Waals surface area contributed by atoms with E-state index in [9.17, 15) is 9.59 Å². The van der Waals surface area contributed by atoms with Crippen molar-refractivity contribution in [3.63, 3.8) is 0 Å². The first-order valence-electron chi connectivity index (χ1n) is 7.99. The largest absolute Gasteiger partial charge is 0.351 e. The molecular formula is C19H17N3O2. The average molecular weight is 319 g/mol. The Labute approximate surface area is 139 Å². The summed E-state index contributed by atoms with van der Waals surface area (Å²) < 4.78 is 0. The number of aromatic nitrogens is 1. The molecule has 3 aromatic rings. The molecule has 0 saturated heterocycles. The Morgan fingerprint density at radius 1 is 0.917 bits per heavy atom. The molecule has 1 aliphatic rings. The molecule has 0 atom stereocenters. The number of hydrogen-bond acceptors (Lipinski definition) is 2. The third kappa shape index (κ3) is 3.01. The van der Waals surface area contributed by atoms with Crippen LogP contribution in [0.3, 0.4) is 0 Å². The van der Waals surface area contributed by atoms with Crippen molar-refractivity contribution in [2.45, 2.75) is 12.8 Å². The number of anilines is 2. The van der Waals surface area contributed by atoms with Gasteiger partial charge < -0.3 is 15.6 Å². The van der Waals surface area contributed by atoms with Crippen LogP contribution in [0.4, 0.5) is 11.4 Å². The maximum absolute atomic E-state index is 12.3. The Bertz CT molecular complexity index is 875. The van der Waals surface area contributed by atoms with Crippen molar-refractivity contribution >= 4 is 34.1 Å². The highest BCUT2D eigenvalue weighted by atomic mass is 16.2. The highest BCUT2D eigenvalue weighted by Gasteiger charge is 2.29. The van der Waals surface area contributed by atoms with Gasteiger partial charge in [-0.15, -0.1) is 0 Å². The number of para-hydroxylation sites is 1. The number of hydrogen-bond donors (Lipinski definition) is 3. The van der Waals surface area contributed by atoms with E-state index >= 15 is 0 Å². The van der Waals surface area contributed by atoms with Gasteiger partial charge in [-0.25, -0.2) is 0 Å². The van der Waals surface area contributed by atoms with E-state index in [1.807, 2.05) is 30.3 Å². The van der Waals surface area contributed by atoms with E-state index in [4.69, 9.17) is 0 Å². The summed E-state index contributed by atoms with van der Waals surface area (Å²) >= 11 is 0. The van der Waals surface area contributed by atoms with E-state index in [0.29, 0.717) is 11.4 Å². The molecule has 5 nitrogen and oxygen atoms in total. The molecule has 1 aliphatic carbocycles. The number of nitrogens with one attached hydrogen (secondary N) is 3. The van der Waals surface area contributed by atoms with Crippen molar-refractivity contribution in [2.75, 3.05) is 10.6 Å². The maximum atomic E-state index is 12.3. The van der Waals surface area contributed by atoms with Crippen LogP contribution in [0.15, 0.2) is 54.6 Å². The molecular weight excluding hydrogens is 302 g/mol. The fraction of sp³-hybridized carbons (Fsp3) is 0.158. The minimum absolute atomic E-state index is 0.0739. The van der Waals surface area contributed by atoms with Crippen molar-refractivity contribution in [3.05, 3.63) is 60.3 Å². The van der Waals surface area contributed by atoms with E-state index in [-0.39, 0.29) is 17.7 Å². The topological polar surface area (TPSA) is 74.0 Å². The summed E-state index contributed by atoms with van der Waals surface area (Å²) in [7, 11) is 0. The second-order valence-electron chi connectivity index (χ2n) is 6.07. The Balaban J connectivity index is 1.44. The lowest BCUT2D eigenvalue weighted by atomic mass is 10.2. The number of H-pyrrole nitrogens is 1. The van der Waals surface area contributed by atoms with Crippen LogP contribution in [-0.4, -0.2) is 16.8 Å². The zero-order valence-electron chi connectivity index (χ0n) is 13.0. The minimum atomic E-state index is -0.194. The summed E-state index contributed by atoms with van der Waals surface area (Å²) in [5, 5.41) is 6.73. The predicted octanol–water partition coefficient (Wildman–Crippen LogP) is 3.77. The fourth-order valence-electron chi connectivity index (χ4n) is 2.62. The van der Waals surface area contributed by atoms with Gasteiger partial charge in [0.05, 0.1) is 0 Å². The van der Waals surface area contributed by atoms with E-state index in [2.05, 4.69) is 15.6 Å². The molecule has 1 aromatic heterocycles. The second kappa shape index (κ2) is 5.85. The van der Waals surface area contributed by atoms with Gasteiger partial charge in [-0.1, -0.05) is 18.2 Å². The molecule has 0 radical (unpaired) electrons. The van der Waals surface area contributed by atoms with Crippen molar-refractivity contribution < 1.29 is 9.59 Å². The third-order valence-corrected chi connectivity index (χ3v) is 4.13. The summed E-state index contributed by atoms with van der Waals surface area (Å²) in [6.45, 7) is 0. The molecule has 0 bridgehead atoms. The van der Waals surface area contributed by atoms with Gasteiger partial charge in [-0.3, -0.25) is 9.59 Å². The lowest BCUT2D eigenvalue weighted by molar-refractivity contribution is -0.117. The first-order chi connectivity index (χ1) is 11.7. The van der Waals surface area contributed by atoms with Crippen LogP contribution in [0.2, 0.25) is 0 Å². The lowest BCUT2D eigenvalue weighted by Gasteiger charge is -2.07. The number of aromatic amines is 1. The predicted molar refractivity (Wildman–Crippen MR) is 94.0 cm³/mol. The fourth-order valence-corrected chi connectivity index (χ4v) is 2.62. The number of fused-ring (bicyclic) bond motifs is 1. The van der Waals surface area contributed by atoms with Crippen molar-refractivity contribution in [1.82, 2.24) is 4.98 Å². The van der Waals surface area contributed by atoms with Crippen LogP contribution < -0.4 is 10.6 Å². The van der Waals surface area contributed by atoms with Gasteiger partial charge in [-0.2, -0.15) is 0 Å². The highest BCUT2D eigenvalue weighted by molar-refractivity contribution is 6.06. The number of benzene rings is 2. The third-order valence-electron chi connectivity index (χ3n) is 4.13. The molecule has 1 fully saturated rings. The molecule has 2 aromatic carbocycles. The van der Waals surface area contributed by atoms with Crippen LogP contribution in [0.25, 0.3) is 10.9 Å². The molecule has 5 heteroatoms. The average Bonchev–Trinajstić information content (AvgIpc) is 3.35. The molecule has 0 spiro atoms. The zero-order valence-corrected chi connectivity index (χ0v) is 13.0. The van der Waals surface area contributed by atoms with Gasteiger partial charge in [0.1, 0.15) is 5.69 Å². The van der Waals surface area contributed by atoms with Gasteiger partial charge in [0.15, 0.2) is 0 Å². The second-order valence-corrected chi connectivity index (χ2v) is 6.07. The van der Waals surface area contributed by atoms with Gasteiger partial charge in [0.25, 0.3) is 5.91 Å². The molecule has 1 saturated carbocycles.